The second-order valence-electron chi connectivity index (χ2n) is 4.55. The fraction of sp³-hybridized carbons (Fsp3) is 0.385. The number of oxime groups is 1. The van der Waals surface area contributed by atoms with E-state index in [2.05, 4.69) is 24.1 Å². The third kappa shape index (κ3) is 2.78. The van der Waals surface area contributed by atoms with Crippen LogP contribution >= 0.6 is 0 Å². The summed E-state index contributed by atoms with van der Waals surface area (Å²) in [6.45, 7) is 4.87. The molecule has 1 atom stereocenters. The molecule has 0 aromatic carbocycles. The molecule has 0 fully saturated rings. The summed E-state index contributed by atoms with van der Waals surface area (Å²) < 4.78 is 3.86. The maximum absolute atomic E-state index is 8.74. The molecule has 0 saturated carbocycles. The molecule has 6 nitrogen and oxygen atoms in total. The van der Waals surface area contributed by atoms with E-state index in [-0.39, 0.29) is 5.84 Å². The molecule has 2 rings (SSSR count). The molecule has 102 valence electrons. The van der Waals surface area contributed by atoms with Crippen LogP contribution in [0.5, 0.6) is 0 Å². The van der Waals surface area contributed by atoms with E-state index in [1.54, 1.807) is 6.07 Å². The quantitative estimate of drug-likeness (QED) is 0.372. The van der Waals surface area contributed by atoms with Crippen LogP contribution in [-0.4, -0.2) is 25.4 Å². The van der Waals surface area contributed by atoms with Crippen LogP contribution in [0.1, 0.15) is 37.7 Å². The van der Waals surface area contributed by atoms with Crippen molar-refractivity contribution < 1.29 is 5.21 Å². The molecule has 0 amide bonds. The molecule has 2 aromatic rings. The van der Waals surface area contributed by atoms with Gasteiger partial charge in [0.25, 0.3) is 0 Å². The smallest absolute Gasteiger partial charge is 0.186 e. The summed E-state index contributed by atoms with van der Waals surface area (Å²) in [4.78, 5) is 0. The molecule has 0 aliphatic rings. The Morgan fingerprint density at radius 2 is 2.26 bits per heavy atom. The van der Waals surface area contributed by atoms with Gasteiger partial charge in [-0.3, -0.25) is 4.68 Å². The van der Waals surface area contributed by atoms with E-state index < -0.39 is 0 Å². The van der Waals surface area contributed by atoms with E-state index in [1.807, 2.05) is 33.8 Å². The van der Waals surface area contributed by atoms with Gasteiger partial charge in [-0.1, -0.05) is 12.1 Å². The van der Waals surface area contributed by atoms with Gasteiger partial charge in [0, 0.05) is 18.4 Å². The largest absolute Gasteiger partial charge is 0.409 e. The van der Waals surface area contributed by atoms with Gasteiger partial charge in [0.1, 0.15) is 0 Å². The molecule has 19 heavy (non-hydrogen) atoms. The van der Waals surface area contributed by atoms with Crippen LogP contribution in [0.15, 0.2) is 35.7 Å². The minimum atomic E-state index is 0.103. The first-order valence-electron chi connectivity index (χ1n) is 6.32. The molecule has 6 heteroatoms. The molecule has 0 aliphatic carbocycles. The lowest BCUT2D eigenvalue weighted by Gasteiger charge is -2.09. The number of nitrogens with zero attached hydrogens (tertiary/aromatic N) is 4. The Morgan fingerprint density at radius 3 is 2.95 bits per heavy atom. The van der Waals surface area contributed by atoms with Crippen LogP contribution in [0.3, 0.4) is 0 Å². The summed E-state index contributed by atoms with van der Waals surface area (Å²) in [7, 11) is 0. The van der Waals surface area contributed by atoms with E-state index in [0.717, 1.165) is 12.1 Å². The molecule has 0 spiro atoms. The van der Waals surface area contributed by atoms with Crippen LogP contribution in [0.25, 0.3) is 0 Å². The third-order valence-electron chi connectivity index (χ3n) is 3.24. The number of hydrogen-bond acceptors (Lipinski definition) is 3. The number of nitrogens with two attached hydrogens (primary N) is 1. The van der Waals surface area contributed by atoms with E-state index in [4.69, 9.17) is 10.9 Å². The Kier molecular flexibility index (Phi) is 3.89. The Balaban J connectivity index is 2.18. The monoisotopic (exact) mass is 261 g/mol. The van der Waals surface area contributed by atoms with Crippen molar-refractivity contribution in [2.45, 2.75) is 32.9 Å². The molecule has 1 unspecified atom stereocenters. The first-order chi connectivity index (χ1) is 9.15. The highest BCUT2D eigenvalue weighted by Gasteiger charge is 2.09. The summed E-state index contributed by atoms with van der Waals surface area (Å²) in [6, 6.07) is 6.05. The van der Waals surface area contributed by atoms with Crippen LogP contribution in [0, 0.1) is 0 Å². The van der Waals surface area contributed by atoms with Crippen molar-refractivity contribution in [2.75, 3.05) is 0 Å². The summed E-state index contributed by atoms with van der Waals surface area (Å²) in [6.07, 6.45) is 4.91. The lowest BCUT2D eigenvalue weighted by atomic mass is 10.3. The summed E-state index contributed by atoms with van der Waals surface area (Å²) in [5.74, 6) is 0.103. The van der Waals surface area contributed by atoms with Crippen molar-refractivity contribution in [3.8, 4) is 0 Å². The van der Waals surface area contributed by atoms with Gasteiger partial charge in [0.15, 0.2) is 5.84 Å². The topological polar surface area (TPSA) is 81.4 Å². The highest BCUT2D eigenvalue weighted by atomic mass is 16.4. The number of aromatic nitrogens is 3. The zero-order chi connectivity index (χ0) is 13.8. The van der Waals surface area contributed by atoms with Gasteiger partial charge >= 0.3 is 0 Å². The third-order valence-corrected chi connectivity index (χ3v) is 3.24. The highest BCUT2D eigenvalue weighted by molar-refractivity contribution is 5.95. The number of amidine groups is 1. The second-order valence-corrected chi connectivity index (χ2v) is 4.55. The molecule has 0 aliphatic heterocycles. The van der Waals surface area contributed by atoms with Gasteiger partial charge in [-0.15, -0.1) is 0 Å². The van der Waals surface area contributed by atoms with E-state index >= 15 is 0 Å². The molecule has 0 saturated heterocycles. The lowest BCUT2D eigenvalue weighted by molar-refractivity contribution is 0.318. The van der Waals surface area contributed by atoms with E-state index in [0.29, 0.717) is 18.3 Å². The van der Waals surface area contributed by atoms with Crippen LogP contribution in [-0.2, 0) is 6.54 Å². The number of hydrogen-bond donors (Lipinski definition) is 2. The number of rotatable bonds is 5. The van der Waals surface area contributed by atoms with Gasteiger partial charge in [-0.05, 0) is 31.5 Å². The van der Waals surface area contributed by atoms with Gasteiger partial charge in [0.2, 0.25) is 0 Å². The second kappa shape index (κ2) is 5.60. The van der Waals surface area contributed by atoms with Crippen molar-refractivity contribution in [2.24, 2.45) is 10.9 Å². The molecular weight excluding hydrogens is 242 g/mol. The van der Waals surface area contributed by atoms with Gasteiger partial charge in [-0.25, -0.2) is 0 Å². The van der Waals surface area contributed by atoms with Crippen molar-refractivity contribution in [1.82, 2.24) is 14.3 Å². The Morgan fingerprint density at radius 1 is 1.47 bits per heavy atom. The first-order valence-corrected chi connectivity index (χ1v) is 6.32. The molecule has 3 N–H and O–H groups in total. The maximum atomic E-state index is 8.74. The minimum Gasteiger partial charge on any atom is -0.409 e. The SMILES string of the molecule is CCC(C)n1ccc(Cn2cccc2/C(N)=N/O)n1. The van der Waals surface area contributed by atoms with Crippen LogP contribution in [0.2, 0.25) is 0 Å². The maximum Gasteiger partial charge on any atom is 0.186 e. The predicted molar refractivity (Wildman–Crippen MR) is 73.3 cm³/mol. The average Bonchev–Trinajstić information content (AvgIpc) is 3.06. The van der Waals surface area contributed by atoms with Gasteiger partial charge < -0.3 is 15.5 Å². The summed E-state index contributed by atoms with van der Waals surface area (Å²) >= 11 is 0. The standard InChI is InChI=1S/C13H19N5O/c1-3-10(2)18-8-6-11(15-18)9-17-7-4-5-12(17)13(14)16-19/h4-8,10,19H,3,9H2,1-2H3,(H2,14,16). The Bertz CT molecular complexity index is 569. The summed E-state index contributed by atoms with van der Waals surface area (Å²) in [5.41, 5.74) is 7.25. The van der Waals surface area contributed by atoms with Crippen LogP contribution in [0.4, 0.5) is 0 Å². The molecule has 0 bridgehead atoms. The minimum absolute atomic E-state index is 0.103. The van der Waals surface area contributed by atoms with E-state index in [9.17, 15) is 0 Å². The fourth-order valence-corrected chi connectivity index (χ4v) is 1.90. The molecule has 0 radical (unpaired) electrons. The molecular formula is C13H19N5O. The zero-order valence-corrected chi connectivity index (χ0v) is 11.2. The van der Waals surface area contributed by atoms with Crippen LogP contribution < -0.4 is 5.73 Å². The highest BCUT2D eigenvalue weighted by Crippen LogP contribution is 2.11. The van der Waals surface area contributed by atoms with Crippen molar-refractivity contribution in [3.63, 3.8) is 0 Å². The van der Waals surface area contributed by atoms with E-state index in [1.165, 1.54) is 0 Å². The summed E-state index contributed by atoms with van der Waals surface area (Å²) in [5, 5.41) is 16.3. The fourth-order valence-electron chi connectivity index (χ4n) is 1.90. The van der Waals surface area contributed by atoms with Crippen molar-refractivity contribution in [3.05, 3.63) is 42.0 Å². The predicted octanol–water partition coefficient (Wildman–Crippen LogP) is 1.80. The zero-order valence-electron chi connectivity index (χ0n) is 11.2. The van der Waals surface area contributed by atoms with Crippen molar-refractivity contribution in [1.29, 1.82) is 0 Å². The average molecular weight is 261 g/mol. The molecule has 2 aromatic heterocycles. The lowest BCUT2D eigenvalue weighted by Crippen LogP contribution is -2.18. The molecule has 2 heterocycles. The Hall–Kier alpha value is -2.24. The first kappa shape index (κ1) is 13.2. The Labute approximate surface area is 112 Å². The van der Waals surface area contributed by atoms with Gasteiger partial charge in [-0.2, -0.15) is 5.10 Å². The van der Waals surface area contributed by atoms with Gasteiger partial charge in [0.05, 0.1) is 17.9 Å². The normalized spacial score (nSPS) is 13.7. The van der Waals surface area contributed by atoms with Crippen molar-refractivity contribution >= 4 is 5.84 Å².